The fourth-order valence-electron chi connectivity index (χ4n) is 4.23. The van der Waals surface area contributed by atoms with Gasteiger partial charge in [0.2, 0.25) is 0 Å². The Hall–Kier alpha value is -3.46. The van der Waals surface area contributed by atoms with Crippen LogP contribution in [0.25, 0.3) is 0 Å². The highest BCUT2D eigenvalue weighted by molar-refractivity contribution is 7.99. The Bertz CT molecular complexity index is 1160. The second kappa shape index (κ2) is 13.0. The number of nitro benzene ring substituents is 1. The second-order valence-electron chi connectivity index (χ2n) is 8.18. The number of carbonyl (C=O) groups is 2. The first kappa shape index (κ1) is 27.1. The van der Waals surface area contributed by atoms with Crippen molar-refractivity contribution >= 4 is 35.1 Å². The summed E-state index contributed by atoms with van der Waals surface area (Å²) < 4.78 is 10.7. The summed E-state index contributed by atoms with van der Waals surface area (Å²) in [6.07, 6.45) is 0.857. The topological polar surface area (TPSA) is 108 Å². The summed E-state index contributed by atoms with van der Waals surface area (Å²) >= 11 is 1.62. The Morgan fingerprint density at radius 2 is 1.78 bits per heavy atom. The average Bonchev–Trinajstić information content (AvgIpc) is 2.87. The number of hydrogen-bond acceptors (Lipinski definition) is 8. The number of aryl methyl sites for hydroxylation is 1. The van der Waals surface area contributed by atoms with Crippen LogP contribution >= 0.6 is 11.8 Å². The smallest absolute Gasteiger partial charge is 0.336 e. The molecule has 190 valence electrons. The monoisotopic (exact) mass is 510 g/mol. The SMILES string of the molecule is CCOC(=O)C1=C(CSCCc2ccccc2)N=C(C)C(C(=O)OCC)C1c1cccc([N+](=O)[O-])c1. The lowest BCUT2D eigenvalue weighted by Crippen LogP contribution is -2.37. The normalized spacial score (nSPS) is 17.4. The highest BCUT2D eigenvalue weighted by atomic mass is 32.2. The molecule has 8 nitrogen and oxygen atoms in total. The van der Waals surface area contributed by atoms with Crippen LogP contribution in [-0.4, -0.2) is 47.3 Å². The third-order valence-corrected chi connectivity index (χ3v) is 6.78. The molecule has 0 saturated heterocycles. The van der Waals surface area contributed by atoms with Crippen molar-refractivity contribution in [1.29, 1.82) is 0 Å². The summed E-state index contributed by atoms with van der Waals surface area (Å²) in [6.45, 7) is 5.43. The number of nitro groups is 1. The molecular weight excluding hydrogens is 480 g/mol. The quantitative estimate of drug-likeness (QED) is 0.179. The van der Waals surface area contributed by atoms with Gasteiger partial charge in [0.1, 0.15) is 5.92 Å². The predicted octanol–water partition coefficient (Wildman–Crippen LogP) is 5.13. The number of aliphatic imine (C=N–C) groups is 1. The summed E-state index contributed by atoms with van der Waals surface area (Å²) in [5.41, 5.74) is 2.80. The van der Waals surface area contributed by atoms with Crippen LogP contribution in [0, 0.1) is 16.0 Å². The fraction of sp³-hybridized carbons (Fsp3) is 0.370. The molecule has 2 aromatic rings. The van der Waals surface area contributed by atoms with Crippen molar-refractivity contribution in [2.45, 2.75) is 33.1 Å². The van der Waals surface area contributed by atoms with Gasteiger partial charge in [0, 0.05) is 29.5 Å². The van der Waals surface area contributed by atoms with Crippen molar-refractivity contribution in [2.24, 2.45) is 10.9 Å². The van der Waals surface area contributed by atoms with Crippen molar-refractivity contribution < 1.29 is 24.0 Å². The largest absolute Gasteiger partial charge is 0.465 e. The minimum Gasteiger partial charge on any atom is -0.465 e. The molecule has 1 aliphatic heterocycles. The minimum absolute atomic E-state index is 0.128. The van der Waals surface area contributed by atoms with Gasteiger partial charge in [0.05, 0.1) is 29.4 Å². The van der Waals surface area contributed by atoms with E-state index in [4.69, 9.17) is 9.47 Å². The van der Waals surface area contributed by atoms with Gasteiger partial charge in [-0.2, -0.15) is 11.8 Å². The van der Waals surface area contributed by atoms with Crippen LogP contribution in [0.2, 0.25) is 0 Å². The van der Waals surface area contributed by atoms with E-state index in [9.17, 15) is 19.7 Å². The van der Waals surface area contributed by atoms with Gasteiger partial charge in [0.25, 0.3) is 5.69 Å². The molecule has 36 heavy (non-hydrogen) atoms. The van der Waals surface area contributed by atoms with Crippen molar-refractivity contribution in [2.75, 3.05) is 24.7 Å². The lowest BCUT2D eigenvalue weighted by atomic mass is 9.75. The van der Waals surface area contributed by atoms with Crippen LogP contribution in [0.15, 0.2) is 70.9 Å². The molecule has 0 amide bonds. The third-order valence-electron chi connectivity index (χ3n) is 5.81. The predicted molar refractivity (Wildman–Crippen MR) is 140 cm³/mol. The maximum absolute atomic E-state index is 13.3. The fourth-order valence-corrected chi connectivity index (χ4v) is 5.16. The zero-order chi connectivity index (χ0) is 26.1. The van der Waals surface area contributed by atoms with Crippen LogP contribution in [0.4, 0.5) is 5.69 Å². The molecule has 0 saturated carbocycles. The molecule has 0 bridgehead atoms. The van der Waals surface area contributed by atoms with E-state index < -0.39 is 28.7 Å². The van der Waals surface area contributed by atoms with Gasteiger partial charge in [-0.3, -0.25) is 19.9 Å². The van der Waals surface area contributed by atoms with Gasteiger partial charge in [-0.05, 0) is 44.1 Å². The van der Waals surface area contributed by atoms with Crippen molar-refractivity contribution in [3.05, 3.63) is 87.1 Å². The Labute approximate surface area is 214 Å². The van der Waals surface area contributed by atoms with E-state index in [0.29, 0.717) is 22.7 Å². The van der Waals surface area contributed by atoms with Gasteiger partial charge in [-0.15, -0.1) is 0 Å². The van der Waals surface area contributed by atoms with Crippen molar-refractivity contribution in [3.8, 4) is 0 Å². The molecule has 1 aliphatic rings. The van der Waals surface area contributed by atoms with Gasteiger partial charge in [-0.1, -0.05) is 42.5 Å². The lowest BCUT2D eigenvalue weighted by molar-refractivity contribution is -0.384. The van der Waals surface area contributed by atoms with Crippen molar-refractivity contribution in [1.82, 2.24) is 0 Å². The van der Waals surface area contributed by atoms with Crippen molar-refractivity contribution in [3.63, 3.8) is 0 Å². The molecule has 0 N–H and O–H groups in total. The number of esters is 2. The third kappa shape index (κ3) is 6.60. The molecule has 2 aromatic carbocycles. The highest BCUT2D eigenvalue weighted by Gasteiger charge is 2.43. The summed E-state index contributed by atoms with van der Waals surface area (Å²) in [7, 11) is 0. The number of benzene rings is 2. The molecule has 0 fully saturated rings. The maximum Gasteiger partial charge on any atom is 0.336 e. The van der Waals surface area contributed by atoms with Gasteiger partial charge in [0.15, 0.2) is 0 Å². The van der Waals surface area contributed by atoms with E-state index in [1.165, 1.54) is 17.7 Å². The highest BCUT2D eigenvalue weighted by Crippen LogP contribution is 2.41. The van der Waals surface area contributed by atoms with E-state index in [1.807, 2.05) is 18.2 Å². The van der Waals surface area contributed by atoms with Crippen LogP contribution in [0.5, 0.6) is 0 Å². The molecule has 0 radical (unpaired) electrons. The van der Waals surface area contributed by atoms with E-state index in [1.54, 1.807) is 44.7 Å². The van der Waals surface area contributed by atoms with Crippen LogP contribution in [0.3, 0.4) is 0 Å². The van der Waals surface area contributed by atoms with E-state index in [-0.39, 0.29) is 24.5 Å². The molecule has 9 heteroatoms. The van der Waals surface area contributed by atoms with Gasteiger partial charge < -0.3 is 9.47 Å². The number of thioether (sulfide) groups is 1. The van der Waals surface area contributed by atoms with Crippen LogP contribution < -0.4 is 0 Å². The zero-order valence-electron chi connectivity index (χ0n) is 20.6. The number of rotatable bonds is 11. The number of ether oxygens (including phenoxy) is 2. The standard InChI is InChI=1S/C27H30N2O6S/c1-4-34-26(30)23-18(3)28-22(17-36-15-14-19-10-7-6-8-11-19)25(27(31)35-5-2)24(23)20-12-9-13-21(16-20)29(32)33/h6-13,16,23-24H,4-5,14-15,17H2,1-3H3. The zero-order valence-corrected chi connectivity index (χ0v) is 21.5. The summed E-state index contributed by atoms with van der Waals surface area (Å²) in [6, 6.07) is 16.1. The second-order valence-corrected chi connectivity index (χ2v) is 9.29. The van der Waals surface area contributed by atoms with Gasteiger partial charge >= 0.3 is 11.9 Å². The van der Waals surface area contributed by atoms with Crippen LogP contribution in [-0.2, 0) is 25.5 Å². The molecule has 1 heterocycles. The number of non-ortho nitro benzene ring substituents is 1. The van der Waals surface area contributed by atoms with Crippen LogP contribution in [0.1, 0.15) is 37.8 Å². The molecule has 2 atom stereocenters. The first-order chi connectivity index (χ1) is 17.4. The van der Waals surface area contributed by atoms with E-state index >= 15 is 0 Å². The average molecular weight is 511 g/mol. The summed E-state index contributed by atoms with van der Waals surface area (Å²) in [4.78, 5) is 41.9. The molecular formula is C27H30N2O6S. The first-order valence-corrected chi connectivity index (χ1v) is 13.0. The molecule has 2 unspecified atom stereocenters. The number of hydrogen-bond donors (Lipinski definition) is 0. The van der Waals surface area contributed by atoms with E-state index in [0.717, 1.165) is 12.2 Å². The number of nitrogens with zero attached hydrogens (tertiary/aromatic N) is 2. The van der Waals surface area contributed by atoms with E-state index in [2.05, 4.69) is 17.1 Å². The Morgan fingerprint density at radius 3 is 2.44 bits per heavy atom. The summed E-state index contributed by atoms with van der Waals surface area (Å²) in [5, 5.41) is 11.5. The molecule has 3 rings (SSSR count). The minimum atomic E-state index is -0.899. The Balaban J connectivity index is 2.02. The Kier molecular flexibility index (Phi) is 9.81. The first-order valence-electron chi connectivity index (χ1n) is 11.8. The molecule has 0 spiro atoms. The summed E-state index contributed by atoms with van der Waals surface area (Å²) in [5.74, 6) is -1.60. The number of carbonyl (C=O) groups excluding carboxylic acids is 2. The lowest BCUT2D eigenvalue weighted by Gasteiger charge is -2.32. The molecule has 0 aromatic heterocycles. The molecule has 0 aliphatic carbocycles. The van der Waals surface area contributed by atoms with Gasteiger partial charge in [-0.25, -0.2) is 4.79 Å². The Morgan fingerprint density at radius 1 is 1.06 bits per heavy atom. The maximum atomic E-state index is 13.3.